The van der Waals surface area contributed by atoms with Gasteiger partial charge in [-0.2, -0.15) is 0 Å². The molecule has 1 aromatic rings. The fraction of sp³-hybridized carbons (Fsp3) is 0.692. The van der Waals surface area contributed by atoms with Crippen LogP contribution in [-0.4, -0.2) is 37.6 Å². The number of carbonyl (C=O) groups excluding carboxylic acids is 1. The zero-order chi connectivity index (χ0) is 15.2. The van der Waals surface area contributed by atoms with Gasteiger partial charge < -0.3 is 25.1 Å². The number of amides is 1. The number of hydrogen-bond donors (Lipinski definition) is 2. The van der Waals surface area contributed by atoms with Crippen LogP contribution in [0.15, 0.2) is 12.5 Å². The third-order valence-corrected chi connectivity index (χ3v) is 3.73. The second-order valence-electron chi connectivity index (χ2n) is 5.36. The Balaban J connectivity index is 1.79. The fourth-order valence-electron chi connectivity index (χ4n) is 2.53. The molecular weight excluding hydrogens is 276 g/mol. The van der Waals surface area contributed by atoms with Gasteiger partial charge in [-0.15, -0.1) is 0 Å². The van der Waals surface area contributed by atoms with Crippen LogP contribution in [0, 0.1) is 10.1 Å². The van der Waals surface area contributed by atoms with Crippen molar-refractivity contribution >= 4 is 11.7 Å². The second kappa shape index (κ2) is 7.16. The molecule has 116 valence electrons. The lowest BCUT2D eigenvalue weighted by Gasteiger charge is -2.21. The molecule has 1 aliphatic rings. The fourth-order valence-corrected chi connectivity index (χ4v) is 2.53. The number of aromatic nitrogens is 2. The minimum Gasteiger partial charge on any atom is -0.391 e. The van der Waals surface area contributed by atoms with Crippen LogP contribution >= 0.6 is 0 Å². The second-order valence-corrected chi connectivity index (χ2v) is 5.36. The molecule has 0 bridgehead atoms. The molecule has 1 heterocycles. The van der Waals surface area contributed by atoms with Crippen LogP contribution in [0.25, 0.3) is 0 Å². The number of imidazole rings is 1. The van der Waals surface area contributed by atoms with Crippen molar-refractivity contribution in [1.82, 2.24) is 14.9 Å². The summed E-state index contributed by atoms with van der Waals surface area (Å²) in [5, 5.41) is 23.3. The average molecular weight is 296 g/mol. The van der Waals surface area contributed by atoms with Gasteiger partial charge in [0.15, 0.2) is 0 Å². The highest BCUT2D eigenvalue weighted by molar-refractivity contribution is 5.76. The standard InChI is InChI=1S/C13H20N4O4/c18-11-5-3-1-2-4-10(11)15-13(19)6-7-16-8-12(14-9-16)17(20)21/h8-11,18H,1-7H2,(H,15,19). The van der Waals surface area contributed by atoms with Gasteiger partial charge in [0.25, 0.3) is 0 Å². The van der Waals surface area contributed by atoms with Gasteiger partial charge in [-0.25, -0.2) is 0 Å². The van der Waals surface area contributed by atoms with Gasteiger partial charge in [0.2, 0.25) is 12.2 Å². The molecule has 1 amide bonds. The third-order valence-electron chi connectivity index (χ3n) is 3.73. The highest BCUT2D eigenvalue weighted by atomic mass is 16.6. The van der Waals surface area contributed by atoms with Gasteiger partial charge in [-0.05, 0) is 22.7 Å². The average Bonchev–Trinajstić information content (AvgIpc) is 2.84. The molecule has 2 atom stereocenters. The van der Waals surface area contributed by atoms with E-state index in [4.69, 9.17) is 0 Å². The highest BCUT2D eigenvalue weighted by Crippen LogP contribution is 2.18. The maximum atomic E-state index is 11.9. The van der Waals surface area contributed by atoms with E-state index in [2.05, 4.69) is 10.3 Å². The first-order valence-corrected chi connectivity index (χ1v) is 7.20. The van der Waals surface area contributed by atoms with Gasteiger partial charge >= 0.3 is 5.82 Å². The molecule has 1 saturated carbocycles. The summed E-state index contributed by atoms with van der Waals surface area (Å²) in [5.41, 5.74) is 0. The molecule has 2 rings (SSSR count). The number of rotatable bonds is 5. The molecule has 8 nitrogen and oxygen atoms in total. The van der Waals surface area contributed by atoms with E-state index in [-0.39, 0.29) is 24.2 Å². The normalized spacial score (nSPS) is 22.5. The maximum Gasteiger partial charge on any atom is 0.381 e. The molecule has 1 aliphatic carbocycles. The number of carbonyl (C=O) groups is 1. The third kappa shape index (κ3) is 4.52. The van der Waals surface area contributed by atoms with Crippen LogP contribution in [0.3, 0.4) is 0 Å². The number of nitrogens with zero attached hydrogens (tertiary/aromatic N) is 3. The van der Waals surface area contributed by atoms with E-state index >= 15 is 0 Å². The largest absolute Gasteiger partial charge is 0.391 e. The number of aliphatic hydroxyl groups excluding tert-OH is 1. The summed E-state index contributed by atoms with van der Waals surface area (Å²) < 4.78 is 1.52. The Labute approximate surface area is 122 Å². The molecule has 0 saturated heterocycles. The Morgan fingerprint density at radius 1 is 1.48 bits per heavy atom. The van der Waals surface area contributed by atoms with Crippen molar-refractivity contribution in [1.29, 1.82) is 0 Å². The van der Waals surface area contributed by atoms with Crippen LogP contribution in [-0.2, 0) is 11.3 Å². The van der Waals surface area contributed by atoms with Crippen molar-refractivity contribution in [3.05, 3.63) is 22.6 Å². The summed E-state index contributed by atoms with van der Waals surface area (Å²) in [6.45, 7) is 0.329. The first-order chi connectivity index (χ1) is 10.1. The molecule has 2 N–H and O–H groups in total. The molecule has 0 spiro atoms. The predicted molar refractivity (Wildman–Crippen MR) is 74.5 cm³/mol. The van der Waals surface area contributed by atoms with Crippen molar-refractivity contribution in [2.75, 3.05) is 0 Å². The van der Waals surface area contributed by atoms with Crippen molar-refractivity contribution in [2.24, 2.45) is 0 Å². The number of aryl methyl sites for hydroxylation is 1. The Hall–Kier alpha value is -1.96. The van der Waals surface area contributed by atoms with Crippen molar-refractivity contribution in [2.45, 2.75) is 57.2 Å². The highest BCUT2D eigenvalue weighted by Gasteiger charge is 2.23. The lowest BCUT2D eigenvalue weighted by Crippen LogP contribution is -2.42. The predicted octanol–water partition coefficient (Wildman–Crippen LogP) is 0.991. The van der Waals surface area contributed by atoms with Crippen molar-refractivity contribution in [3.63, 3.8) is 0 Å². The minimum atomic E-state index is -0.571. The monoisotopic (exact) mass is 296 g/mol. The van der Waals surface area contributed by atoms with Crippen LogP contribution in [0.1, 0.15) is 38.5 Å². The molecule has 2 unspecified atom stereocenters. The number of nitrogens with one attached hydrogen (secondary N) is 1. The maximum absolute atomic E-state index is 11.9. The smallest absolute Gasteiger partial charge is 0.381 e. The van der Waals surface area contributed by atoms with Crippen LogP contribution < -0.4 is 5.32 Å². The van der Waals surface area contributed by atoms with Crippen molar-refractivity contribution < 1.29 is 14.8 Å². The van der Waals surface area contributed by atoms with E-state index in [1.165, 1.54) is 17.1 Å². The van der Waals surface area contributed by atoms with Crippen molar-refractivity contribution in [3.8, 4) is 0 Å². The van der Waals surface area contributed by atoms with E-state index in [1.807, 2.05) is 0 Å². The molecule has 0 aliphatic heterocycles. The van der Waals surface area contributed by atoms with E-state index < -0.39 is 11.0 Å². The Morgan fingerprint density at radius 2 is 2.24 bits per heavy atom. The van der Waals surface area contributed by atoms with Gasteiger partial charge in [0.05, 0.1) is 12.1 Å². The number of aliphatic hydroxyl groups is 1. The lowest BCUT2D eigenvalue weighted by atomic mass is 10.1. The molecule has 21 heavy (non-hydrogen) atoms. The number of nitro groups is 1. The molecular formula is C13H20N4O4. The minimum absolute atomic E-state index is 0.155. The lowest BCUT2D eigenvalue weighted by molar-refractivity contribution is -0.389. The summed E-state index contributed by atoms with van der Waals surface area (Å²) in [5.74, 6) is -0.382. The Kier molecular flexibility index (Phi) is 5.26. The van der Waals surface area contributed by atoms with Gasteiger partial charge in [0.1, 0.15) is 6.20 Å². The first kappa shape index (κ1) is 15.4. The molecule has 0 radical (unpaired) electrons. The van der Waals surface area contributed by atoms with Crippen LogP contribution in [0.5, 0.6) is 0 Å². The topological polar surface area (TPSA) is 110 Å². The first-order valence-electron chi connectivity index (χ1n) is 7.20. The summed E-state index contributed by atoms with van der Waals surface area (Å²) in [7, 11) is 0. The molecule has 8 heteroatoms. The quantitative estimate of drug-likeness (QED) is 0.478. The molecule has 1 aromatic heterocycles. The van der Waals surface area contributed by atoms with Crippen LogP contribution in [0.2, 0.25) is 0 Å². The zero-order valence-corrected chi connectivity index (χ0v) is 11.8. The van der Waals surface area contributed by atoms with E-state index in [1.54, 1.807) is 0 Å². The van der Waals surface area contributed by atoms with Gasteiger partial charge in [0, 0.05) is 13.0 Å². The number of hydrogen-bond acceptors (Lipinski definition) is 5. The van der Waals surface area contributed by atoms with Gasteiger partial charge in [-0.1, -0.05) is 19.3 Å². The summed E-state index contributed by atoms with van der Waals surface area (Å²) in [4.78, 5) is 25.5. The molecule has 1 fully saturated rings. The summed E-state index contributed by atoms with van der Waals surface area (Å²) >= 11 is 0. The van der Waals surface area contributed by atoms with E-state index in [9.17, 15) is 20.0 Å². The Bertz CT molecular complexity index is 502. The summed E-state index contributed by atoms with van der Waals surface area (Å²) in [6, 6.07) is -0.183. The SMILES string of the molecule is O=C(CCn1cnc([N+](=O)[O-])c1)NC1CCCCCC1O. The molecule has 0 aromatic carbocycles. The van der Waals surface area contributed by atoms with E-state index in [0.717, 1.165) is 32.1 Å². The van der Waals surface area contributed by atoms with Gasteiger partial charge in [-0.3, -0.25) is 4.79 Å². The Morgan fingerprint density at radius 3 is 2.95 bits per heavy atom. The van der Waals surface area contributed by atoms with E-state index in [0.29, 0.717) is 6.54 Å². The van der Waals surface area contributed by atoms with Crippen LogP contribution in [0.4, 0.5) is 5.82 Å². The zero-order valence-electron chi connectivity index (χ0n) is 11.8. The summed E-state index contributed by atoms with van der Waals surface area (Å²) in [6.07, 6.45) is 6.97.